The number of benzene rings is 1. The van der Waals surface area contributed by atoms with Crippen molar-refractivity contribution in [3.8, 4) is 0 Å². The molecule has 2 rings (SSSR count). The van der Waals surface area contributed by atoms with Crippen LogP contribution in [0, 0.1) is 10.8 Å². The molecule has 68 valence electrons. The Kier molecular flexibility index (Phi) is 2.32. The van der Waals surface area contributed by atoms with Gasteiger partial charge in [-0.2, -0.15) is 0 Å². The molecule has 1 fully saturated rings. The minimum absolute atomic E-state index is 0.251. The molecule has 1 aromatic rings. The highest BCUT2D eigenvalue weighted by Crippen LogP contribution is 2.51. The van der Waals surface area contributed by atoms with Crippen molar-refractivity contribution in [1.82, 2.24) is 0 Å². The van der Waals surface area contributed by atoms with Crippen LogP contribution in [0.15, 0.2) is 35.5 Å². The standard InChI is InChI=1S/C10H10ClNO/c11-10(12-13)9-6-8(9)7-4-2-1-3-5-7/h1-5,8-10H,6H2. The molecule has 0 aliphatic heterocycles. The van der Waals surface area contributed by atoms with Gasteiger partial charge >= 0.3 is 0 Å². The third kappa shape index (κ3) is 1.73. The van der Waals surface area contributed by atoms with Crippen LogP contribution < -0.4 is 0 Å². The average molecular weight is 196 g/mol. The first-order valence-corrected chi connectivity index (χ1v) is 4.78. The smallest absolute Gasteiger partial charge is 0.149 e. The van der Waals surface area contributed by atoms with Crippen molar-refractivity contribution in [2.75, 3.05) is 0 Å². The van der Waals surface area contributed by atoms with Crippen LogP contribution in [-0.2, 0) is 0 Å². The molecule has 0 amide bonds. The summed E-state index contributed by atoms with van der Waals surface area (Å²) in [6, 6.07) is 10.1. The quantitative estimate of drug-likeness (QED) is 0.414. The molecule has 1 saturated carbocycles. The van der Waals surface area contributed by atoms with Gasteiger partial charge in [0.2, 0.25) is 0 Å². The van der Waals surface area contributed by atoms with E-state index in [4.69, 9.17) is 11.6 Å². The predicted octanol–water partition coefficient (Wildman–Crippen LogP) is 3.12. The average Bonchev–Trinajstić information content (AvgIpc) is 2.98. The third-order valence-corrected chi connectivity index (χ3v) is 2.92. The Morgan fingerprint density at radius 2 is 2.08 bits per heavy atom. The first-order valence-electron chi connectivity index (χ1n) is 4.34. The summed E-state index contributed by atoms with van der Waals surface area (Å²) in [5, 5.41) is 2.84. The zero-order chi connectivity index (χ0) is 9.26. The SMILES string of the molecule is O=NC(Cl)C1CC1c1ccccc1. The summed E-state index contributed by atoms with van der Waals surface area (Å²) in [5.74, 6) is 0.697. The molecule has 13 heavy (non-hydrogen) atoms. The van der Waals surface area contributed by atoms with Crippen molar-refractivity contribution in [3.63, 3.8) is 0 Å². The van der Waals surface area contributed by atoms with Crippen LogP contribution in [0.2, 0.25) is 0 Å². The van der Waals surface area contributed by atoms with Gasteiger partial charge in [-0.15, -0.1) is 4.91 Å². The summed E-state index contributed by atoms with van der Waals surface area (Å²) < 4.78 is 0. The molecular formula is C10H10ClNO. The summed E-state index contributed by atoms with van der Waals surface area (Å²) in [7, 11) is 0. The minimum atomic E-state index is -0.551. The fourth-order valence-electron chi connectivity index (χ4n) is 1.68. The maximum Gasteiger partial charge on any atom is 0.168 e. The largest absolute Gasteiger partial charge is 0.168 e. The molecule has 0 N–H and O–H groups in total. The molecule has 1 aliphatic rings. The molecular weight excluding hydrogens is 186 g/mol. The Morgan fingerprint density at radius 1 is 1.38 bits per heavy atom. The van der Waals surface area contributed by atoms with Crippen molar-refractivity contribution < 1.29 is 0 Å². The molecule has 1 aliphatic carbocycles. The van der Waals surface area contributed by atoms with Crippen LogP contribution in [0.4, 0.5) is 0 Å². The first kappa shape index (κ1) is 8.70. The summed E-state index contributed by atoms with van der Waals surface area (Å²) in [6.07, 6.45) is 0.990. The van der Waals surface area contributed by atoms with Crippen LogP contribution in [0.25, 0.3) is 0 Å². The van der Waals surface area contributed by atoms with Crippen LogP contribution >= 0.6 is 11.6 Å². The van der Waals surface area contributed by atoms with E-state index in [1.165, 1.54) is 5.56 Å². The van der Waals surface area contributed by atoms with E-state index in [9.17, 15) is 4.91 Å². The zero-order valence-corrected chi connectivity index (χ0v) is 7.82. The number of alkyl halides is 1. The van der Waals surface area contributed by atoms with Gasteiger partial charge in [-0.1, -0.05) is 41.9 Å². The van der Waals surface area contributed by atoms with Gasteiger partial charge in [0.25, 0.3) is 0 Å². The number of hydrogen-bond acceptors (Lipinski definition) is 2. The Balaban J connectivity index is 2.04. The molecule has 3 heteroatoms. The summed E-state index contributed by atoms with van der Waals surface area (Å²) in [4.78, 5) is 10.2. The molecule has 0 aromatic heterocycles. The molecule has 0 radical (unpaired) electrons. The molecule has 2 nitrogen and oxygen atoms in total. The van der Waals surface area contributed by atoms with E-state index in [1.807, 2.05) is 18.2 Å². The van der Waals surface area contributed by atoms with E-state index in [2.05, 4.69) is 17.3 Å². The normalized spacial score (nSPS) is 28.1. The Bertz CT molecular complexity index is 301. The lowest BCUT2D eigenvalue weighted by Crippen LogP contribution is -1.97. The van der Waals surface area contributed by atoms with Crippen molar-refractivity contribution in [2.45, 2.75) is 17.8 Å². The van der Waals surface area contributed by atoms with Crippen molar-refractivity contribution >= 4 is 11.6 Å². The Morgan fingerprint density at radius 3 is 2.69 bits per heavy atom. The minimum Gasteiger partial charge on any atom is -0.149 e. The number of halogens is 1. The number of nitroso groups, excluding NO2 is 1. The van der Waals surface area contributed by atoms with Gasteiger partial charge in [0, 0.05) is 5.92 Å². The van der Waals surface area contributed by atoms with Gasteiger partial charge in [0.15, 0.2) is 5.50 Å². The highest BCUT2D eigenvalue weighted by atomic mass is 35.5. The van der Waals surface area contributed by atoms with E-state index in [0.29, 0.717) is 5.92 Å². The van der Waals surface area contributed by atoms with E-state index >= 15 is 0 Å². The maximum atomic E-state index is 10.2. The molecule has 0 saturated heterocycles. The summed E-state index contributed by atoms with van der Waals surface area (Å²) in [5.41, 5.74) is 0.715. The second kappa shape index (κ2) is 3.46. The number of hydrogen-bond donors (Lipinski definition) is 0. The number of nitrogens with zero attached hydrogens (tertiary/aromatic N) is 1. The second-order valence-corrected chi connectivity index (χ2v) is 3.84. The van der Waals surface area contributed by atoms with E-state index in [-0.39, 0.29) is 5.92 Å². The van der Waals surface area contributed by atoms with Crippen molar-refractivity contribution in [2.24, 2.45) is 11.1 Å². The van der Waals surface area contributed by atoms with Gasteiger partial charge in [-0.25, -0.2) is 0 Å². The van der Waals surface area contributed by atoms with Crippen LogP contribution in [0.1, 0.15) is 17.9 Å². The van der Waals surface area contributed by atoms with E-state index < -0.39 is 5.50 Å². The van der Waals surface area contributed by atoms with Crippen molar-refractivity contribution in [3.05, 3.63) is 40.8 Å². The fraction of sp³-hybridized carbons (Fsp3) is 0.400. The number of rotatable bonds is 3. The highest BCUT2D eigenvalue weighted by molar-refractivity contribution is 6.20. The van der Waals surface area contributed by atoms with Crippen molar-refractivity contribution in [1.29, 1.82) is 0 Å². The van der Waals surface area contributed by atoms with Crippen LogP contribution in [-0.4, -0.2) is 5.50 Å². The van der Waals surface area contributed by atoms with Gasteiger partial charge in [0.1, 0.15) is 0 Å². The Hall–Kier alpha value is -0.890. The molecule has 0 spiro atoms. The highest BCUT2D eigenvalue weighted by Gasteiger charge is 2.43. The summed E-state index contributed by atoms with van der Waals surface area (Å²) in [6.45, 7) is 0. The molecule has 0 heterocycles. The van der Waals surface area contributed by atoms with E-state index in [1.54, 1.807) is 0 Å². The lowest BCUT2D eigenvalue weighted by molar-refractivity contribution is 0.745. The van der Waals surface area contributed by atoms with Gasteiger partial charge in [-0.3, -0.25) is 0 Å². The maximum absolute atomic E-state index is 10.2. The summed E-state index contributed by atoms with van der Waals surface area (Å²) >= 11 is 5.73. The zero-order valence-electron chi connectivity index (χ0n) is 7.06. The lowest BCUT2D eigenvalue weighted by atomic mass is 10.1. The lowest BCUT2D eigenvalue weighted by Gasteiger charge is -1.99. The van der Waals surface area contributed by atoms with Gasteiger partial charge in [0.05, 0.1) is 0 Å². The molecule has 3 unspecified atom stereocenters. The first-order chi connectivity index (χ1) is 6.33. The van der Waals surface area contributed by atoms with Gasteiger partial charge < -0.3 is 0 Å². The van der Waals surface area contributed by atoms with E-state index in [0.717, 1.165) is 6.42 Å². The Labute approximate surface area is 81.9 Å². The molecule has 0 bridgehead atoms. The molecule has 1 aromatic carbocycles. The predicted molar refractivity (Wildman–Crippen MR) is 52.7 cm³/mol. The monoisotopic (exact) mass is 195 g/mol. The van der Waals surface area contributed by atoms with Crippen LogP contribution in [0.3, 0.4) is 0 Å². The third-order valence-electron chi connectivity index (χ3n) is 2.52. The molecule has 3 atom stereocenters. The fourth-order valence-corrected chi connectivity index (χ4v) is 1.96. The van der Waals surface area contributed by atoms with Gasteiger partial charge in [-0.05, 0) is 23.1 Å². The van der Waals surface area contributed by atoms with Crippen LogP contribution in [0.5, 0.6) is 0 Å². The topological polar surface area (TPSA) is 29.4 Å². The second-order valence-electron chi connectivity index (χ2n) is 3.39.